The molecule has 1 aliphatic heterocycles. The third kappa shape index (κ3) is 4.23. The highest BCUT2D eigenvalue weighted by Gasteiger charge is 2.48. The van der Waals surface area contributed by atoms with E-state index in [1.807, 2.05) is 6.92 Å². The third-order valence-electron chi connectivity index (χ3n) is 6.06. The number of nitriles is 1. The van der Waals surface area contributed by atoms with Crippen LogP contribution in [0.25, 0.3) is 5.57 Å². The SMILES string of the molecule is C=C(CNC1=C(C#N)C2CCOC2(C)C(c2ccc([C@H](C)C(F)(F)F)cc2)=C1)C(=O)O. The van der Waals surface area contributed by atoms with Crippen molar-refractivity contribution in [3.05, 3.63) is 64.9 Å². The fraction of sp³-hybridized carbons (Fsp3) is 0.391. The number of hydrogen-bond acceptors (Lipinski definition) is 4. The number of hydrogen-bond donors (Lipinski definition) is 2. The van der Waals surface area contributed by atoms with Gasteiger partial charge in [0.1, 0.15) is 0 Å². The molecule has 0 amide bonds. The highest BCUT2D eigenvalue weighted by molar-refractivity contribution is 5.86. The van der Waals surface area contributed by atoms with Crippen molar-refractivity contribution in [1.82, 2.24) is 5.32 Å². The molecular weight excluding hydrogens is 409 g/mol. The molecule has 1 aliphatic carbocycles. The summed E-state index contributed by atoms with van der Waals surface area (Å²) in [7, 11) is 0. The van der Waals surface area contributed by atoms with Crippen LogP contribution in [-0.4, -0.2) is 36.0 Å². The molecule has 3 rings (SSSR count). The van der Waals surface area contributed by atoms with Crippen LogP contribution in [0.4, 0.5) is 13.2 Å². The van der Waals surface area contributed by atoms with Gasteiger partial charge in [-0.2, -0.15) is 18.4 Å². The van der Waals surface area contributed by atoms with Crippen LogP contribution >= 0.6 is 0 Å². The van der Waals surface area contributed by atoms with Crippen molar-refractivity contribution in [3.8, 4) is 6.07 Å². The normalized spacial score (nSPS) is 24.1. The maximum Gasteiger partial charge on any atom is 0.395 e. The Balaban J connectivity index is 2.01. The second-order valence-corrected chi connectivity index (χ2v) is 7.94. The molecule has 8 heteroatoms. The standard InChI is InChI=1S/C23H23F3N2O3/c1-13(21(29)30)12-28-20-10-19(22(3)18(8-9-31-22)17(20)11-27)16-6-4-15(5-7-16)14(2)23(24,25)26/h4-7,10,14,18,28H,1,8-9,12H2,2-3H3,(H,29,30)/t14-,18?,22?/m0/s1. The summed E-state index contributed by atoms with van der Waals surface area (Å²) in [4.78, 5) is 11.1. The van der Waals surface area contributed by atoms with E-state index < -0.39 is 23.7 Å². The molecular formula is C23H23F3N2O3. The molecule has 0 bridgehead atoms. The van der Waals surface area contributed by atoms with Gasteiger partial charge in [-0.15, -0.1) is 0 Å². The Kier molecular flexibility index (Phi) is 6.01. The van der Waals surface area contributed by atoms with Crippen LogP contribution in [0.1, 0.15) is 37.3 Å². The number of nitrogens with one attached hydrogen (secondary N) is 1. The van der Waals surface area contributed by atoms with Crippen molar-refractivity contribution in [2.24, 2.45) is 5.92 Å². The van der Waals surface area contributed by atoms with Crippen LogP contribution in [0.5, 0.6) is 0 Å². The second kappa shape index (κ2) is 8.23. The summed E-state index contributed by atoms with van der Waals surface area (Å²) >= 11 is 0. The van der Waals surface area contributed by atoms with Gasteiger partial charge in [-0.3, -0.25) is 0 Å². The van der Waals surface area contributed by atoms with Crippen molar-refractivity contribution in [2.45, 2.75) is 38.0 Å². The zero-order valence-corrected chi connectivity index (χ0v) is 17.2. The summed E-state index contributed by atoms with van der Waals surface area (Å²) in [6.07, 6.45) is -2.01. The fourth-order valence-electron chi connectivity index (χ4n) is 4.08. The van der Waals surface area contributed by atoms with Gasteiger partial charge >= 0.3 is 12.1 Å². The van der Waals surface area contributed by atoms with E-state index in [1.54, 1.807) is 18.2 Å². The van der Waals surface area contributed by atoms with Gasteiger partial charge in [0.2, 0.25) is 0 Å². The number of halogens is 3. The molecule has 164 valence electrons. The molecule has 2 N–H and O–H groups in total. The van der Waals surface area contributed by atoms with Gasteiger partial charge in [0.25, 0.3) is 0 Å². The number of carboxylic acid groups (broad SMARTS) is 1. The monoisotopic (exact) mass is 432 g/mol. The lowest BCUT2D eigenvalue weighted by Gasteiger charge is -2.37. The van der Waals surface area contributed by atoms with Crippen molar-refractivity contribution in [3.63, 3.8) is 0 Å². The Morgan fingerprint density at radius 2 is 2.06 bits per heavy atom. The number of allylic oxidation sites excluding steroid dienone is 1. The Morgan fingerprint density at radius 3 is 2.61 bits per heavy atom. The van der Waals surface area contributed by atoms with Gasteiger partial charge in [0.05, 0.1) is 23.2 Å². The second-order valence-electron chi connectivity index (χ2n) is 7.94. The molecule has 5 nitrogen and oxygen atoms in total. The van der Waals surface area contributed by atoms with Gasteiger partial charge in [-0.25, -0.2) is 4.79 Å². The number of alkyl halides is 3. The largest absolute Gasteiger partial charge is 0.478 e. The summed E-state index contributed by atoms with van der Waals surface area (Å²) in [6, 6.07) is 8.35. The Morgan fingerprint density at radius 1 is 1.42 bits per heavy atom. The first-order valence-corrected chi connectivity index (χ1v) is 9.81. The number of nitrogens with zero attached hydrogens (tertiary/aromatic N) is 1. The van der Waals surface area contributed by atoms with E-state index in [0.29, 0.717) is 29.9 Å². The minimum absolute atomic E-state index is 0.0496. The van der Waals surface area contributed by atoms with Crippen LogP contribution < -0.4 is 5.32 Å². The zero-order valence-electron chi connectivity index (χ0n) is 17.2. The smallest absolute Gasteiger partial charge is 0.395 e. The topological polar surface area (TPSA) is 82.3 Å². The number of carbonyl (C=O) groups is 1. The molecule has 3 atom stereocenters. The maximum atomic E-state index is 13.0. The average Bonchev–Trinajstić information content (AvgIpc) is 3.12. The van der Waals surface area contributed by atoms with Gasteiger partial charge < -0.3 is 15.2 Å². The lowest BCUT2D eigenvalue weighted by atomic mass is 9.71. The van der Waals surface area contributed by atoms with E-state index in [4.69, 9.17) is 9.84 Å². The van der Waals surface area contributed by atoms with Crippen LogP contribution in [0.15, 0.2) is 53.8 Å². The van der Waals surface area contributed by atoms with Crippen molar-refractivity contribution < 1.29 is 27.8 Å². The van der Waals surface area contributed by atoms with E-state index in [9.17, 15) is 23.2 Å². The minimum Gasteiger partial charge on any atom is -0.478 e. The quantitative estimate of drug-likeness (QED) is 0.645. The molecule has 0 spiro atoms. The van der Waals surface area contributed by atoms with Gasteiger partial charge in [-0.05, 0) is 43.0 Å². The van der Waals surface area contributed by atoms with E-state index >= 15 is 0 Å². The van der Waals surface area contributed by atoms with Gasteiger partial charge in [-0.1, -0.05) is 30.8 Å². The Bertz CT molecular complexity index is 1000. The summed E-state index contributed by atoms with van der Waals surface area (Å²) in [6.45, 7) is 6.86. The van der Waals surface area contributed by atoms with E-state index in [2.05, 4.69) is 18.0 Å². The highest BCUT2D eigenvalue weighted by atomic mass is 19.4. The number of carboxylic acids is 1. The molecule has 2 aliphatic rings. The third-order valence-corrected chi connectivity index (χ3v) is 6.06. The summed E-state index contributed by atoms with van der Waals surface area (Å²) in [5.74, 6) is -2.99. The molecule has 1 aromatic rings. The van der Waals surface area contributed by atoms with Crippen LogP contribution in [0.3, 0.4) is 0 Å². The molecule has 0 radical (unpaired) electrons. The molecule has 1 saturated heterocycles. The van der Waals surface area contributed by atoms with Crippen LogP contribution in [0.2, 0.25) is 0 Å². The van der Waals surface area contributed by atoms with E-state index in [1.165, 1.54) is 12.1 Å². The lowest BCUT2D eigenvalue weighted by molar-refractivity contribution is -0.146. The molecule has 0 aromatic heterocycles. The number of ether oxygens (including phenoxy) is 1. The van der Waals surface area contributed by atoms with Gasteiger partial charge in [0, 0.05) is 30.3 Å². The number of fused-ring (bicyclic) bond motifs is 1. The molecule has 1 fully saturated rings. The van der Waals surface area contributed by atoms with Crippen molar-refractivity contribution in [1.29, 1.82) is 5.26 Å². The minimum atomic E-state index is -4.33. The predicted octanol–water partition coefficient (Wildman–Crippen LogP) is 4.55. The molecule has 1 aromatic carbocycles. The maximum absolute atomic E-state index is 13.0. The lowest BCUT2D eigenvalue weighted by Crippen LogP contribution is -2.38. The number of benzene rings is 1. The molecule has 1 heterocycles. The van der Waals surface area contributed by atoms with E-state index in [0.717, 1.165) is 12.5 Å². The van der Waals surface area contributed by atoms with Gasteiger partial charge in [0.15, 0.2) is 0 Å². The first-order valence-electron chi connectivity index (χ1n) is 9.81. The summed E-state index contributed by atoms with van der Waals surface area (Å²) in [5, 5.41) is 21.8. The highest BCUT2D eigenvalue weighted by Crippen LogP contribution is 2.49. The Hall–Kier alpha value is -3.05. The first kappa shape index (κ1) is 22.6. The van der Waals surface area contributed by atoms with Crippen molar-refractivity contribution >= 4 is 11.5 Å². The summed E-state index contributed by atoms with van der Waals surface area (Å²) in [5.41, 5.74) is 1.64. The fourth-order valence-corrected chi connectivity index (χ4v) is 4.08. The summed E-state index contributed by atoms with van der Waals surface area (Å²) < 4.78 is 45.1. The van der Waals surface area contributed by atoms with E-state index in [-0.39, 0.29) is 23.6 Å². The van der Waals surface area contributed by atoms with Crippen LogP contribution in [0, 0.1) is 17.2 Å². The Labute approximate surface area is 178 Å². The zero-order chi connectivity index (χ0) is 23.0. The number of aliphatic carboxylic acids is 1. The number of rotatable bonds is 6. The van der Waals surface area contributed by atoms with Crippen LogP contribution in [-0.2, 0) is 9.53 Å². The first-order chi connectivity index (χ1) is 14.5. The molecule has 0 saturated carbocycles. The predicted molar refractivity (Wildman–Crippen MR) is 109 cm³/mol. The molecule has 31 heavy (non-hydrogen) atoms. The van der Waals surface area contributed by atoms with Crippen molar-refractivity contribution in [2.75, 3.05) is 13.2 Å². The molecule has 2 unspecified atom stereocenters. The average molecular weight is 432 g/mol.